The molecule has 1 aliphatic carbocycles. The highest BCUT2D eigenvalue weighted by atomic mass is 35.5. The molecule has 2 aromatic rings. The van der Waals surface area contributed by atoms with E-state index in [1.165, 1.54) is 0 Å². The highest BCUT2D eigenvalue weighted by molar-refractivity contribution is 6.38. The number of carbonyl (C=O) groups is 1. The molecule has 0 radical (unpaired) electrons. The van der Waals surface area contributed by atoms with Crippen molar-refractivity contribution in [1.29, 1.82) is 5.26 Å². The minimum Gasteiger partial charge on any atom is -0.419 e. The van der Waals surface area contributed by atoms with Crippen molar-refractivity contribution in [2.24, 2.45) is 5.92 Å². The van der Waals surface area contributed by atoms with Gasteiger partial charge in [0.2, 0.25) is 11.4 Å². The first-order valence-corrected chi connectivity index (χ1v) is 8.11. The molecule has 12 heteroatoms. The lowest BCUT2D eigenvalue weighted by Crippen LogP contribution is -2.17. The Morgan fingerprint density at radius 3 is 2.41 bits per heavy atom. The number of carbonyl (C=O) groups excluding carboxylic acids is 1. The average molecular weight is 421 g/mol. The monoisotopic (exact) mass is 420 g/mol. The quantitative estimate of drug-likeness (QED) is 0.753. The summed E-state index contributed by atoms with van der Waals surface area (Å²) in [5.41, 5.74) is 5.50. The number of halogens is 5. The zero-order valence-corrected chi connectivity index (χ0v) is 14.7. The topological polar surface area (TPSA) is 103 Å². The number of ether oxygens (including phenoxy) is 2. The van der Waals surface area contributed by atoms with Gasteiger partial charge in [0, 0.05) is 12.1 Å². The van der Waals surface area contributed by atoms with Crippen LogP contribution in [0.5, 0.6) is 11.5 Å². The molecule has 0 spiro atoms. The van der Waals surface area contributed by atoms with E-state index in [0.29, 0.717) is 12.8 Å². The van der Waals surface area contributed by atoms with Gasteiger partial charge in [0.1, 0.15) is 17.5 Å². The Bertz CT molecular complexity index is 941. The molecule has 1 aliphatic rings. The summed E-state index contributed by atoms with van der Waals surface area (Å²) in [6.45, 7) is 0. The van der Waals surface area contributed by atoms with E-state index in [9.17, 15) is 23.2 Å². The summed E-state index contributed by atoms with van der Waals surface area (Å²) in [6.07, 6.45) is -3.59. The second-order valence-corrected chi connectivity index (χ2v) is 6.38. The second-order valence-electron chi connectivity index (χ2n) is 5.57. The predicted molar refractivity (Wildman–Crippen MR) is 87.8 cm³/mol. The zero-order chi connectivity index (χ0) is 19.9. The lowest BCUT2D eigenvalue weighted by atomic mass is 10.3. The van der Waals surface area contributed by atoms with Crippen molar-refractivity contribution in [3.05, 3.63) is 27.9 Å². The first-order valence-electron chi connectivity index (χ1n) is 7.36. The summed E-state index contributed by atoms with van der Waals surface area (Å²) >= 11 is 12.0. The van der Waals surface area contributed by atoms with E-state index >= 15 is 0 Å². The highest BCUT2D eigenvalue weighted by Gasteiger charge is 2.34. The molecular formula is C15H9Cl2F3N4O3. The van der Waals surface area contributed by atoms with Crippen LogP contribution in [-0.4, -0.2) is 22.1 Å². The predicted octanol–water partition coefficient (Wildman–Crippen LogP) is 3.85. The molecule has 1 aromatic carbocycles. The molecule has 0 atom stereocenters. The normalized spacial score (nSPS) is 13.9. The van der Waals surface area contributed by atoms with Gasteiger partial charge < -0.3 is 15.2 Å². The van der Waals surface area contributed by atoms with Crippen LogP contribution in [-0.2, 0) is 4.79 Å². The van der Waals surface area contributed by atoms with Gasteiger partial charge in [0.25, 0.3) is 0 Å². The van der Waals surface area contributed by atoms with Crippen molar-refractivity contribution >= 4 is 35.0 Å². The van der Waals surface area contributed by atoms with Crippen LogP contribution < -0.4 is 15.2 Å². The van der Waals surface area contributed by atoms with Gasteiger partial charge in [-0.3, -0.25) is 4.79 Å². The summed E-state index contributed by atoms with van der Waals surface area (Å²) in [4.78, 5) is 11.9. The molecule has 7 nitrogen and oxygen atoms in total. The number of anilines is 1. The molecule has 0 unspecified atom stereocenters. The Balaban J connectivity index is 2.02. The van der Waals surface area contributed by atoms with Crippen molar-refractivity contribution < 1.29 is 27.4 Å². The van der Waals surface area contributed by atoms with Gasteiger partial charge in [-0.05, 0) is 12.8 Å². The maximum atomic E-state index is 12.4. The van der Waals surface area contributed by atoms with Gasteiger partial charge in [-0.15, -0.1) is 13.2 Å². The molecule has 0 bridgehead atoms. The van der Waals surface area contributed by atoms with Crippen molar-refractivity contribution in [2.45, 2.75) is 19.2 Å². The maximum Gasteiger partial charge on any atom is 0.573 e. The van der Waals surface area contributed by atoms with Crippen LogP contribution in [0.4, 0.5) is 19.0 Å². The number of benzene rings is 1. The molecule has 0 aliphatic heterocycles. The fourth-order valence-corrected chi connectivity index (χ4v) is 2.83. The molecule has 1 aromatic heterocycles. The number of nitrogens with zero attached hydrogens (tertiary/aromatic N) is 3. The Labute approximate surface area is 160 Å². The van der Waals surface area contributed by atoms with Gasteiger partial charge in [0.15, 0.2) is 5.82 Å². The third-order valence-electron chi connectivity index (χ3n) is 3.53. The van der Waals surface area contributed by atoms with Gasteiger partial charge in [-0.25, -0.2) is 4.68 Å². The van der Waals surface area contributed by atoms with Crippen LogP contribution in [0.3, 0.4) is 0 Å². The number of esters is 1. The minimum atomic E-state index is -4.93. The number of nitrogen functional groups attached to an aromatic ring is 1. The van der Waals surface area contributed by atoms with Gasteiger partial charge in [0.05, 0.1) is 16.0 Å². The van der Waals surface area contributed by atoms with Crippen molar-refractivity contribution in [3.8, 4) is 23.3 Å². The lowest BCUT2D eigenvalue weighted by Gasteiger charge is -2.13. The number of nitriles is 1. The van der Waals surface area contributed by atoms with E-state index in [1.807, 2.05) is 0 Å². The number of hydrogen-bond donors (Lipinski definition) is 1. The Hall–Kier alpha value is -2.64. The molecule has 2 N–H and O–H groups in total. The number of hydrogen-bond acceptors (Lipinski definition) is 6. The molecule has 1 saturated carbocycles. The Morgan fingerprint density at radius 1 is 1.33 bits per heavy atom. The second kappa shape index (κ2) is 6.83. The summed E-state index contributed by atoms with van der Waals surface area (Å²) in [5.74, 6) is -1.98. The summed E-state index contributed by atoms with van der Waals surface area (Å²) in [7, 11) is 0. The summed E-state index contributed by atoms with van der Waals surface area (Å²) < 4.78 is 46.9. The number of rotatable bonds is 4. The minimum absolute atomic E-state index is 0.101. The Morgan fingerprint density at radius 2 is 1.93 bits per heavy atom. The van der Waals surface area contributed by atoms with Crippen molar-refractivity contribution in [2.75, 3.05) is 5.73 Å². The number of alkyl halides is 3. The number of aromatic nitrogens is 2. The van der Waals surface area contributed by atoms with E-state index in [4.69, 9.17) is 33.7 Å². The van der Waals surface area contributed by atoms with Crippen molar-refractivity contribution in [1.82, 2.24) is 9.78 Å². The van der Waals surface area contributed by atoms with E-state index in [0.717, 1.165) is 16.8 Å². The third kappa shape index (κ3) is 4.04. The molecule has 27 heavy (non-hydrogen) atoms. The first kappa shape index (κ1) is 19.1. The molecule has 0 amide bonds. The van der Waals surface area contributed by atoms with E-state index < -0.39 is 18.1 Å². The van der Waals surface area contributed by atoms with Gasteiger partial charge >= 0.3 is 12.3 Å². The summed E-state index contributed by atoms with van der Waals surface area (Å²) in [6, 6.07) is 3.44. The molecule has 1 heterocycles. The number of nitrogens with two attached hydrogens (primary N) is 1. The van der Waals surface area contributed by atoms with Crippen LogP contribution in [0.1, 0.15) is 18.5 Å². The SMILES string of the molecule is N#Cc1nn(-c2c(Cl)cc(OC(F)(F)F)cc2Cl)c(N)c1OC(=O)C1CC1. The van der Waals surface area contributed by atoms with Crippen LogP contribution in [0, 0.1) is 17.2 Å². The Kier molecular flexibility index (Phi) is 4.84. The zero-order valence-electron chi connectivity index (χ0n) is 13.2. The highest BCUT2D eigenvalue weighted by Crippen LogP contribution is 2.39. The molecule has 142 valence electrons. The first-order chi connectivity index (χ1) is 12.6. The fourth-order valence-electron chi connectivity index (χ4n) is 2.20. The van der Waals surface area contributed by atoms with Crippen LogP contribution in [0.25, 0.3) is 5.69 Å². The fraction of sp³-hybridized carbons (Fsp3) is 0.267. The molecular weight excluding hydrogens is 412 g/mol. The van der Waals surface area contributed by atoms with E-state index in [2.05, 4.69) is 9.84 Å². The van der Waals surface area contributed by atoms with Crippen molar-refractivity contribution in [3.63, 3.8) is 0 Å². The molecule has 1 fully saturated rings. The summed E-state index contributed by atoms with van der Waals surface area (Å²) in [5, 5.41) is 12.5. The lowest BCUT2D eigenvalue weighted by molar-refractivity contribution is -0.274. The van der Waals surface area contributed by atoms with Crippen LogP contribution in [0.2, 0.25) is 10.0 Å². The van der Waals surface area contributed by atoms with Gasteiger partial charge in [-0.2, -0.15) is 10.4 Å². The maximum absolute atomic E-state index is 12.4. The van der Waals surface area contributed by atoms with Crippen LogP contribution >= 0.6 is 23.2 Å². The van der Waals surface area contributed by atoms with Crippen LogP contribution in [0.15, 0.2) is 12.1 Å². The smallest absolute Gasteiger partial charge is 0.419 e. The van der Waals surface area contributed by atoms with E-state index in [-0.39, 0.29) is 38.9 Å². The molecule has 3 rings (SSSR count). The standard InChI is InChI=1S/C15H9Cl2F3N4O3/c16-8-3-7(27-15(18,19)20)4-9(17)11(8)24-13(22)12(10(5-21)23-24)26-14(25)6-1-2-6/h3-4,6H,1-2,22H2. The van der Waals surface area contributed by atoms with Gasteiger partial charge in [-0.1, -0.05) is 23.2 Å². The molecule has 0 saturated heterocycles. The largest absolute Gasteiger partial charge is 0.573 e. The third-order valence-corrected chi connectivity index (χ3v) is 4.11. The average Bonchev–Trinajstić information content (AvgIpc) is 3.34. The van der Waals surface area contributed by atoms with E-state index in [1.54, 1.807) is 6.07 Å².